The fourth-order valence-electron chi connectivity index (χ4n) is 2.82. The van der Waals surface area contributed by atoms with Crippen molar-refractivity contribution in [2.75, 3.05) is 25.0 Å². The third-order valence-corrected chi connectivity index (χ3v) is 4.75. The number of aryl methyl sites for hydroxylation is 1. The third kappa shape index (κ3) is 3.63. The first kappa shape index (κ1) is 16.0. The Morgan fingerprint density at radius 3 is 2.71 bits per heavy atom. The molecule has 0 spiro atoms. The lowest BCUT2D eigenvalue weighted by Gasteiger charge is -2.42. The summed E-state index contributed by atoms with van der Waals surface area (Å²) < 4.78 is 5.01. The smallest absolute Gasteiger partial charge is 0.243 e. The first-order valence-corrected chi connectivity index (χ1v) is 7.59. The molecular weight excluding hydrogens is 270 g/mol. The molecule has 1 aromatic heterocycles. The highest BCUT2D eigenvalue weighted by Crippen LogP contribution is 2.34. The van der Waals surface area contributed by atoms with Crippen LogP contribution < -0.4 is 5.32 Å². The van der Waals surface area contributed by atoms with E-state index in [0.717, 1.165) is 38.0 Å². The monoisotopic (exact) mass is 295 g/mol. The normalized spacial score (nSPS) is 20.2. The summed E-state index contributed by atoms with van der Waals surface area (Å²) in [7, 11) is 0. The Hall–Kier alpha value is -1.40. The molecule has 0 radical (unpaired) electrons. The van der Waals surface area contributed by atoms with Gasteiger partial charge in [0.15, 0.2) is 0 Å². The van der Waals surface area contributed by atoms with Gasteiger partial charge < -0.3 is 9.63 Å². The lowest BCUT2D eigenvalue weighted by atomic mass is 9.76. The zero-order valence-corrected chi connectivity index (χ0v) is 13.1. The van der Waals surface area contributed by atoms with Crippen molar-refractivity contribution in [2.24, 2.45) is 5.41 Å². The lowest BCUT2D eigenvalue weighted by molar-refractivity contribution is -0.122. The van der Waals surface area contributed by atoms with Gasteiger partial charge in [0.2, 0.25) is 11.8 Å². The molecule has 6 heteroatoms. The first-order valence-electron chi connectivity index (χ1n) is 7.59. The van der Waals surface area contributed by atoms with Crippen LogP contribution in [0.25, 0.3) is 0 Å². The number of rotatable bonds is 5. The minimum atomic E-state index is -0.219. The molecule has 0 aliphatic carbocycles. The van der Waals surface area contributed by atoms with Crippen molar-refractivity contribution < 1.29 is 14.4 Å². The number of hydrogen-bond acceptors (Lipinski definition) is 5. The molecule has 2 rings (SSSR count). The van der Waals surface area contributed by atoms with E-state index in [9.17, 15) is 9.90 Å². The zero-order chi connectivity index (χ0) is 15.5. The molecule has 2 heterocycles. The van der Waals surface area contributed by atoms with E-state index in [1.165, 1.54) is 0 Å². The number of nitrogens with zero attached hydrogens (tertiary/aromatic N) is 2. The molecule has 1 aliphatic heterocycles. The number of piperidine rings is 1. The van der Waals surface area contributed by atoms with Crippen LogP contribution in [-0.2, 0) is 4.79 Å². The average molecular weight is 295 g/mol. The van der Waals surface area contributed by atoms with Crippen molar-refractivity contribution >= 4 is 11.8 Å². The minimum absolute atomic E-state index is 0.0364. The molecule has 6 nitrogen and oxygen atoms in total. The van der Waals surface area contributed by atoms with E-state index in [-0.39, 0.29) is 24.0 Å². The van der Waals surface area contributed by atoms with Crippen molar-refractivity contribution in [1.29, 1.82) is 0 Å². The summed E-state index contributed by atoms with van der Waals surface area (Å²) in [6, 6.07) is 1.48. The summed E-state index contributed by atoms with van der Waals surface area (Å²) in [5, 5.41) is 16.1. The molecule has 1 fully saturated rings. The van der Waals surface area contributed by atoms with Gasteiger partial charge in [0.05, 0.1) is 11.7 Å². The van der Waals surface area contributed by atoms with E-state index >= 15 is 0 Å². The molecule has 2 N–H and O–H groups in total. The minimum Gasteiger partial charge on any atom is -0.396 e. The number of aromatic nitrogens is 1. The Bertz CT molecular complexity index is 472. The molecule has 0 aromatic carbocycles. The molecule has 1 aromatic rings. The second-order valence-corrected chi connectivity index (χ2v) is 6.05. The topological polar surface area (TPSA) is 78.6 Å². The molecule has 1 aliphatic rings. The number of likely N-dealkylation sites (tertiary alicyclic amines) is 1. The van der Waals surface area contributed by atoms with Gasteiger partial charge in [-0.1, -0.05) is 12.1 Å². The van der Waals surface area contributed by atoms with E-state index in [1.807, 2.05) is 13.8 Å². The standard InChI is InChI=1S/C15H25N3O3/c1-4-15(10-19)5-7-18(8-6-15)12(3)14(20)16-13-9-11(2)17-21-13/h9,12,19H,4-8,10H2,1-3H3,(H,16,20). The highest BCUT2D eigenvalue weighted by molar-refractivity contribution is 5.93. The number of aliphatic hydroxyl groups is 1. The van der Waals surface area contributed by atoms with E-state index in [1.54, 1.807) is 6.07 Å². The maximum atomic E-state index is 12.2. The molecule has 1 amide bonds. The molecule has 1 saturated heterocycles. The zero-order valence-electron chi connectivity index (χ0n) is 13.1. The van der Waals surface area contributed by atoms with Crippen LogP contribution in [-0.4, -0.2) is 46.8 Å². The number of aliphatic hydroxyl groups excluding tert-OH is 1. The van der Waals surface area contributed by atoms with Crippen LogP contribution in [0.15, 0.2) is 10.6 Å². The van der Waals surface area contributed by atoms with Crippen LogP contribution in [0.4, 0.5) is 5.88 Å². The first-order chi connectivity index (χ1) is 9.99. The molecule has 1 atom stereocenters. The predicted octanol–water partition coefficient (Wildman–Crippen LogP) is 1.79. The van der Waals surface area contributed by atoms with Crippen molar-refractivity contribution in [3.05, 3.63) is 11.8 Å². The van der Waals surface area contributed by atoms with Crippen LogP contribution in [0, 0.1) is 12.3 Å². The Morgan fingerprint density at radius 2 is 2.24 bits per heavy atom. The predicted molar refractivity (Wildman–Crippen MR) is 79.9 cm³/mol. The van der Waals surface area contributed by atoms with Gasteiger partial charge in [-0.05, 0) is 51.6 Å². The number of nitrogens with one attached hydrogen (secondary N) is 1. The number of amides is 1. The highest BCUT2D eigenvalue weighted by Gasteiger charge is 2.35. The fraction of sp³-hybridized carbons (Fsp3) is 0.733. The Balaban J connectivity index is 1.89. The molecule has 0 bridgehead atoms. The van der Waals surface area contributed by atoms with Crippen LogP contribution in [0.1, 0.15) is 38.8 Å². The summed E-state index contributed by atoms with van der Waals surface area (Å²) >= 11 is 0. The maximum absolute atomic E-state index is 12.2. The molecule has 21 heavy (non-hydrogen) atoms. The van der Waals surface area contributed by atoms with Crippen molar-refractivity contribution in [2.45, 2.75) is 46.1 Å². The maximum Gasteiger partial charge on any atom is 0.243 e. The second kappa shape index (κ2) is 6.58. The number of hydrogen-bond donors (Lipinski definition) is 2. The van der Waals surface area contributed by atoms with Gasteiger partial charge in [-0.2, -0.15) is 0 Å². The van der Waals surface area contributed by atoms with Crippen LogP contribution >= 0.6 is 0 Å². The second-order valence-electron chi connectivity index (χ2n) is 6.05. The fourth-order valence-corrected chi connectivity index (χ4v) is 2.82. The van der Waals surface area contributed by atoms with Crippen LogP contribution in [0.3, 0.4) is 0 Å². The molecule has 0 saturated carbocycles. The number of carbonyl (C=O) groups excluding carboxylic acids is 1. The van der Waals surface area contributed by atoms with E-state index in [0.29, 0.717) is 5.88 Å². The summed E-state index contributed by atoms with van der Waals surface area (Å²) in [6.07, 6.45) is 2.84. The van der Waals surface area contributed by atoms with Crippen molar-refractivity contribution in [3.8, 4) is 0 Å². The van der Waals surface area contributed by atoms with Crippen LogP contribution in [0.2, 0.25) is 0 Å². The van der Waals surface area contributed by atoms with Gasteiger partial charge in [-0.15, -0.1) is 0 Å². The summed E-state index contributed by atoms with van der Waals surface area (Å²) in [5.74, 6) is 0.304. The van der Waals surface area contributed by atoms with E-state index in [2.05, 4.69) is 22.3 Å². The Kier molecular flexibility index (Phi) is 5.00. The van der Waals surface area contributed by atoms with E-state index < -0.39 is 0 Å². The van der Waals surface area contributed by atoms with E-state index in [4.69, 9.17) is 4.52 Å². The van der Waals surface area contributed by atoms with Crippen LogP contribution in [0.5, 0.6) is 0 Å². The molecule has 1 unspecified atom stereocenters. The third-order valence-electron chi connectivity index (χ3n) is 4.75. The highest BCUT2D eigenvalue weighted by atomic mass is 16.5. The number of carbonyl (C=O) groups is 1. The van der Waals surface area contributed by atoms with Crippen molar-refractivity contribution in [3.63, 3.8) is 0 Å². The van der Waals surface area contributed by atoms with Gasteiger partial charge in [0.1, 0.15) is 0 Å². The average Bonchev–Trinajstić information content (AvgIpc) is 2.91. The molecule has 118 valence electrons. The quantitative estimate of drug-likeness (QED) is 0.866. The largest absolute Gasteiger partial charge is 0.396 e. The Labute approximate surface area is 125 Å². The molecular formula is C15H25N3O3. The summed E-state index contributed by atoms with van der Waals surface area (Å²) in [4.78, 5) is 14.4. The van der Waals surface area contributed by atoms with Gasteiger partial charge in [-0.25, -0.2) is 0 Å². The lowest BCUT2D eigenvalue weighted by Crippen LogP contribution is -2.49. The Morgan fingerprint density at radius 1 is 1.57 bits per heavy atom. The summed E-state index contributed by atoms with van der Waals surface area (Å²) in [5.41, 5.74) is 0.779. The SMILES string of the molecule is CCC1(CO)CCN(C(C)C(=O)Nc2cc(C)no2)CC1. The van der Waals surface area contributed by atoms with Gasteiger partial charge >= 0.3 is 0 Å². The van der Waals surface area contributed by atoms with Gasteiger partial charge in [0, 0.05) is 12.7 Å². The van der Waals surface area contributed by atoms with Gasteiger partial charge in [-0.3, -0.25) is 15.0 Å². The van der Waals surface area contributed by atoms with Gasteiger partial charge in [0.25, 0.3) is 0 Å². The number of anilines is 1. The van der Waals surface area contributed by atoms with Crippen molar-refractivity contribution in [1.82, 2.24) is 10.1 Å². The summed E-state index contributed by atoms with van der Waals surface area (Å²) in [6.45, 7) is 7.73.